The molecule has 1 aliphatic heterocycles. The van der Waals surface area contributed by atoms with Gasteiger partial charge in [-0.2, -0.15) is 0 Å². The molecule has 110 valence electrons. The molecule has 1 aliphatic rings. The highest BCUT2D eigenvalue weighted by molar-refractivity contribution is 5.96. The number of benzene rings is 1. The number of nitrogens with one attached hydrogen (secondary N) is 3. The molecule has 1 aromatic rings. The van der Waals surface area contributed by atoms with E-state index in [1.165, 1.54) is 0 Å². The summed E-state index contributed by atoms with van der Waals surface area (Å²) in [5.74, 6) is -0.00710. The molecule has 0 saturated carbocycles. The van der Waals surface area contributed by atoms with Crippen molar-refractivity contribution in [1.82, 2.24) is 10.2 Å². The number of rotatable bonds is 6. The molecule has 0 bridgehead atoms. The van der Waals surface area contributed by atoms with Crippen LogP contribution in [-0.4, -0.2) is 50.1 Å². The summed E-state index contributed by atoms with van der Waals surface area (Å²) in [5.41, 5.74) is 2.78. The molecule has 1 amide bonds. The SMILES string of the molecule is CCN(CC)CCNC(=O)c1ccc2c(c1)NCCN2. The van der Waals surface area contributed by atoms with Crippen molar-refractivity contribution in [3.63, 3.8) is 0 Å². The van der Waals surface area contributed by atoms with Gasteiger partial charge in [0, 0.05) is 31.7 Å². The van der Waals surface area contributed by atoms with Gasteiger partial charge in [0.05, 0.1) is 11.4 Å². The average Bonchev–Trinajstić information content (AvgIpc) is 2.51. The predicted octanol–water partition coefficient (Wildman–Crippen LogP) is 1.60. The van der Waals surface area contributed by atoms with E-state index in [4.69, 9.17) is 0 Å². The summed E-state index contributed by atoms with van der Waals surface area (Å²) < 4.78 is 0. The summed E-state index contributed by atoms with van der Waals surface area (Å²) in [6.45, 7) is 9.68. The fraction of sp³-hybridized carbons (Fsp3) is 0.533. The van der Waals surface area contributed by atoms with Crippen LogP contribution < -0.4 is 16.0 Å². The highest BCUT2D eigenvalue weighted by Gasteiger charge is 2.11. The first-order valence-corrected chi connectivity index (χ1v) is 7.37. The third-order valence-corrected chi connectivity index (χ3v) is 3.65. The Morgan fingerprint density at radius 2 is 1.90 bits per heavy atom. The van der Waals surface area contributed by atoms with Crippen LogP contribution >= 0.6 is 0 Å². The van der Waals surface area contributed by atoms with E-state index in [0.717, 1.165) is 44.1 Å². The Hall–Kier alpha value is -1.75. The topological polar surface area (TPSA) is 56.4 Å². The molecule has 3 N–H and O–H groups in total. The molecule has 0 saturated heterocycles. The van der Waals surface area contributed by atoms with Gasteiger partial charge in [-0.05, 0) is 31.3 Å². The number of carbonyl (C=O) groups excluding carboxylic acids is 1. The Labute approximate surface area is 120 Å². The Bertz CT molecular complexity index is 457. The minimum atomic E-state index is -0.00710. The lowest BCUT2D eigenvalue weighted by Crippen LogP contribution is -2.34. The molecule has 20 heavy (non-hydrogen) atoms. The Morgan fingerprint density at radius 1 is 1.20 bits per heavy atom. The van der Waals surface area contributed by atoms with Crippen LogP contribution in [-0.2, 0) is 0 Å². The van der Waals surface area contributed by atoms with E-state index in [2.05, 4.69) is 34.7 Å². The fourth-order valence-electron chi connectivity index (χ4n) is 2.35. The van der Waals surface area contributed by atoms with Gasteiger partial charge < -0.3 is 20.9 Å². The molecule has 0 aliphatic carbocycles. The van der Waals surface area contributed by atoms with E-state index in [0.29, 0.717) is 12.1 Å². The second kappa shape index (κ2) is 7.14. The molecule has 0 aromatic heterocycles. The first-order valence-electron chi connectivity index (χ1n) is 7.37. The normalized spacial score (nSPS) is 13.3. The first kappa shape index (κ1) is 14.7. The van der Waals surface area contributed by atoms with Crippen LogP contribution in [0.25, 0.3) is 0 Å². The summed E-state index contributed by atoms with van der Waals surface area (Å²) in [5, 5.41) is 9.58. The quantitative estimate of drug-likeness (QED) is 0.738. The zero-order chi connectivity index (χ0) is 14.4. The molecule has 5 nitrogen and oxygen atoms in total. The van der Waals surface area contributed by atoms with Crippen molar-refractivity contribution >= 4 is 17.3 Å². The number of fused-ring (bicyclic) bond motifs is 1. The number of hydrogen-bond acceptors (Lipinski definition) is 4. The number of likely N-dealkylation sites (N-methyl/N-ethyl adjacent to an activating group) is 1. The maximum Gasteiger partial charge on any atom is 0.251 e. The minimum Gasteiger partial charge on any atom is -0.382 e. The number of nitrogens with zero attached hydrogens (tertiary/aromatic N) is 1. The smallest absolute Gasteiger partial charge is 0.251 e. The summed E-state index contributed by atoms with van der Waals surface area (Å²) in [6.07, 6.45) is 0. The zero-order valence-electron chi connectivity index (χ0n) is 12.3. The highest BCUT2D eigenvalue weighted by Crippen LogP contribution is 2.25. The number of anilines is 2. The second-order valence-corrected chi connectivity index (χ2v) is 4.90. The molecule has 0 unspecified atom stereocenters. The van der Waals surface area contributed by atoms with E-state index < -0.39 is 0 Å². The lowest BCUT2D eigenvalue weighted by atomic mass is 10.1. The predicted molar refractivity (Wildman–Crippen MR) is 83.5 cm³/mol. The van der Waals surface area contributed by atoms with Crippen molar-refractivity contribution in [2.45, 2.75) is 13.8 Å². The van der Waals surface area contributed by atoms with Gasteiger partial charge in [0.2, 0.25) is 0 Å². The summed E-state index contributed by atoms with van der Waals surface area (Å²) >= 11 is 0. The van der Waals surface area contributed by atoms with Crippen LogP contribution in [0.3, 0.4) is 0 Å². The zero-order valence-corrected chi connectivity index (χ0v) is 12.3. The van der Waals surface area contributed by atoms with Crippen molar-refractivity contribution in [2.24, 2.45) is 0 Å². The number of hydrogen-bond donors (Lipinski definition) is 3. The van der Waals surface area contributed by atoms with Crippen LogP contribution in [0.15, 0.2) is 18.2 Å². The number of amides is 1. The molecule has 1 heterocycles. The van der Waals surface area contributed by atoms with E-state index in [1.807, 2.05) is 18.2 Å². The van der Waals surface area contributed by atoms with Crippen LogP contribution in [0.5, 0.6) is 0 Å². The van der Waals surface area contributed by atoms with E-state index >= 15 is 0 Å². The highest BCUT2D eigenvalue weighted by atomic mass is 16.1. The van der Waals surface area contributed by atoms with Gasteiger partial charge in [-0.1, -0.05) is 13.8 Å². The van der Waals surface area contributed by atoms with Gasteiger partial charge in [0.1, 0.15) is 0 Å². The Kier molecular flexibility index (Phi) is 5.24. The van der Waals surface area contributed by atoms with E-state index in [1.54, 1.807) is 0 Å². The standard InChI is InChI=1S/C15H24N4O/c1-3-19(4-2)10-9-18-15(20)12-5-6-13-14(11-12)17-8-7-16-13/h5-6,11,16-17H,3-4,7-10H2,1-2H3,(H,18,20). The molecule has 1 aromatic carbocycles. The molecule has 2 rings (SSSR count). The van der Waals surface area contributed by atoms with Gasteiger partial charge >= 0.3 is 0 Å². The maximum absolute atomic E-state index is 12.1. The summed E-state index contributed by atoms with van der Waals surface area (Å²) in [4.78, 5) is 14.4. The van der Waals surface area contributed by atoms with Crippen LogP contribution in [0, 0.1) is 0 Å². The third kappa shape index (κ3) is 3.63. The largest absolute Gasteiger partial charge is 0.382 e. The van der Waals surface area contributed by atoms with Crippen molar-refractivity contribution in [3.05, 3.63) is 23.8 Å². The molecule has 0 radical (unpaired) electrons. The molecule has 0 spiro atoms. The lowest BCUT2D eigenvalue weighted by molar-refractivity contribution is 0.0949. The van der Waals surface area contributed by atoms with Gasteiger partial charge in [-0.25, -0.2) is 0 Å². The summed E-state index contributed by atoms with van der Waals surface area (Å²) in [6, 6.07) is 5.74. The molecule has 0 atom stereocenters. The molecular weight excluding hydrogens is 252 g/mol. The first-order chi connectivity index (χ1) is 9.74. The Balaban J connectivity index is 1.89. The van der Waals surface area contributed by atoms with Crippen LogP contribution in [0.1, 0.15) is 24.2 Å². The van der Waals surface area contributed by atoms with E-state index in [-0.39, 0.29) is 5.91 Å². The van der Waals surface area contributed by atoms with Crippen molar-refractivity contribution in [2.75, 3.05) is 49.9 Å². The second-order valence-electron chi connectivity index (χ2n) is 4.90. The Morgan fingerprint density at radius 3 is 2.60 bits per heavy atom. The molecular formula is C15H24N4O. The maximum atomic E-state index is 12.1. The number of carbonyl (C=O) groups is 1. The summed E-state index contributed by atoms with van der Waals surface area (Å²) in [7, 11) is 0. The van der Waals surface area contributed by atoms with E-state index in [9.17, 15) is 4.79 Å². The van der Waals surface area contributed by atoms with Gasteiger partial charge in [-0.3, -0.25) is 4.79 Å². The third-order valence-electron chi connectivity index (χ3n) is 3.65. The van der Waals surface area contributed by atoms with Gasteiger partial charge in [0.25, 0.3) is 5.91 Å². The molecule has 0 fully saturated rings. The lowest BCUT2D eigenvalue weighted by Gasteiger charge is -2.21. The van der Waals surface area contributed by atoms with Gasteiger partial charge in [0.15, 0.2) is 0 Å². The van der Waals surface area contributed by atoms with Crippen LogP contribution in [0.4, 0.5) is 11.4 Å². The minimum absolute atomic E-state index is 0.00710. The molecule has 5 heteroatoms. The van der Waals surface area contributed by atoms with Crippen molar-refractivity contribution in [3.8, 4) is 0 Å². The van der Waals surface area contributed by atoms with Crippen LogP contribution in [0.2, 0.25) is 0 Å². The van der Waals surface area contributed by atoms with Crippen molar-refractivity contribution in [1.29, 1.82) is 0 Å². The van der Waals surface area contributed by atoms with Gasteiger partial charge in [-0.15, -0.1) is 0 Å². The average molecular weight is 276 g/mol. The monoisotopic (exact) mass is 276 g/mol. The fourth-order valence-corrected chi connectivity index (χ4v) is 2.35. The van der Waals surface area contributed by atoms with Crippen molar-refractivity contribution < 1.29 is 4.79 Å².